The van der Waals surface area contributed by atoms with Gasteiger partial charge in [0.25, 0.3) is 5.91 Å². The topological polar surface area (TPSA) is 81.9 Å². The van der Waals surface area contributed by atoms with Crippen molar-refractivity contribution in [3.63, 3.8) is 0 Å². The highest BCUT2D eigenvalue weighted by molar-refractivity contribution is 7.98. The fourth-order valence-corrected chi connectivity index (χ4v) is 5.58. The quantitative estimate of drug-likeness (QED) is 0.240. The summed E-state index contributed by atoms with van der Waals surface area (Å²) in [6.45, 7) is 0.466. The van der Waals surface area contributed by atoms with Crippen LogP contribution in [0.2, 0.25) is 0 Å². The van der Waals surface area contributed by atoms with E-state index in [0.717, 1.165) is 38.6 Å². The summed E-state index contributed by atoms with van der Waals surface area (Å²) in [6, 6.07) is 27.9. The number of carbonyl (C=O) groups excluding carboxylic acids is 1. The van der Waals surface area contributed by atoms with Crippen LogP contribution < -0.4 is 10.1 Å². The molecule has 0 aliphatic carbocycles. The summed E-state index contributed by atoms with van der Waals surface area (Å²) in [4.78, 5) is 17.1. The molecule has 0 saturated carbocycles. The van der Waals surface area contributed by atoms with E-state index in [-0.39, 0.29) is 5.91 Å². The minimum Gasteiger partial charge on any atom is -0.495 e. The maximum atomic E-state index is 12.6. The van der Waals surface area contributed by atoms with Crippen LogP contribution in [0, 0.1) is 0 Å². The molecule has 3 aromatic carbocycles. The van der Waals surface area contributed by atoms with Gasteiger partial charge in [-0.05, 0) is 23.3 Å². The van der Waals surface area contributed by atoms with Gasteiger partial charge in [-0.3, -0.25) is 9.36 Å². The van der Waals surface area contributed by atoms with Gasteiger partial charge in [0.05, 0.1) is 18.6 Å². The lowest BCUT2D eigenvalue weighted by atomic mass is 10.1. The molecule has 186 valence electrons. The van der Waals surface area contributed by atoms with Crippen LogP contribution in [-0.2, 0) is 18.7 Å². The Hall–Kier alpha value is -3.95. The molecule has 7 nitrogen and oxygen atoms in total. The minimum absolute atomic E-state index is 0.182. The molecule has 0 unspecified atom stereocenters. The summed E-state index contributed by atoms with van der Waals surface area (Å²) < 4.78 is 7.68. The fraction of sp³-hybridized carbons (Fsp3) is 0.143. The average molecular weight is 528 g/mol. The van der Waals surface area contributed by atoms with Gasteiger partial charge in [-0.25, -0.2) is 4.98 Å². The average Bonchev–Trinajstić information content (AvgIpc) is 3.59. The third kappa shape index (κ3) is 6.07. The van der Waals surface area contributed by atoms with Crippen LogP contribution >= 0.6 is 23.1 Å². The highest BCUT2D eigenvalue weighted by Gasteiger charge is 2.19. The predicted molar refractivity (Wildman–Crippen MR) is 146 cm³/mol. The first-order valence-electron chi connectivity index (χ1n) is 11.7. The van der Waals surface area contributed by atoms with E-state index in [9.17, 15) is 4.79 Å². The zero-order valence-electron chi connectivity index (χ0n) is 20.2. The lowest BCUT2D eigenvalue weighted by molar-refractivity contribution is 0.0946. The molecule has 0 atom stereocenters. The highest BCUT2D eigenvalue weighted by atomic mass is 32.2. The fourth-order valence-electron chi connectivity index (χ4n) is 3.82. The van der Waals surface area contributed by atoms with E-state index in [0.29, 0.717) is 24.4 Å². The standard InChI is InChI=1S/C28H25N5O2S2/c1-35-24-15-9-8-14-23(24)33-25(16-20-10-4-2-5-11-20)31-32-28(33)37-19-26-30-22(18-36-26)27(34)29-17-21-12-6-3-7-13-21/h2-15,18H,16-17,19H2,1H3,(H,29,34). The molecule has 0 bridgehead atoms. The summed E-state index contributed by atoms with van der Waals surface area (Å²) >= 11 is 2.99. The van der Waals surface area contributed by atoms with E-state index >= 15 is 0 Å². The predicted octanol–water partition coefficient (Wildman–Crippen LogP) is 5.55. The van der Waals surface area contributed by atoms with Gasteiger partial charge in [-0.15, -0.1) is 21.5 Å². The van der Waals surface area contributed by atoms with E-state index in [1.54, 1.807) is 12.5 Å². The Balaban J connectivity index is 1.33. The maximum Gasteiger partial charge on any atom is 0.271 e. The van der Waals surface area contributed by atoms with Gasteiger partial charge < -0.3 is 10.1 Å². The molecule has 5 aromatic rings. The van der Waals surface area contributed by atoms with Crippen molar-refractivity contribution >= 4 is 29.0 Å². The monoisotopic (exact) mass is 527 g/mol. The molecular weight excluding hydrogens is 502 g/mol. The van der Waals surface area contributed by atoms with Crippen molar-refractivity contribution in [2.75, 3.05) is 7.11 Å². The second-order valence-corrected chi connectivity index (χ2v) is 10.0. The van der Waals surface area contributed by atoms with Gasteiger partial charge in [0.1, 0.15) is 22.3 Å². The number of thiazole rings is 1. The highest BCUT2D eigenvalue weighted by Crippen LogP contribution is 2.31. The van der Waals surface area contributed by atoms with Crippen LogP contribution in [0.1, 0.15) is 32.4 Å². The van der Waals surface area contributed by atoms with E-state index in [1.807, 2.05) is 77.4 Å². The Morgan fingerprint density at radius 2 is 1.65 bits per heavy atom. The van der Waals surface area contributed by atoms with Gasteiger partial charge in [-0.1, -0.05) is 84.6 Å². The summed E-state index contributed by atoms with van der Waals surface area (Å²) in [5.74, 6) is 1.94. The lowest BCUT2D eigenvalue weighted by Gasteiger charge is -2.13. The van der Waals surface area contributed by atoms with Gasteiger partial charge >= 0.3 is 0 Å². The first-order valence-corrected chi connectivity index (χ1v) is 13.6. The number of amides is 1. The van der Waals surface area contributed by atoms with Crippen molar-refractivity contribution in [3.05, 3.63) is 118 Å². The number of para-hydroxylation sites is 2. The molecule has 0 spiro atoms. The normalized spacial score (nSPS) is 10.8. The molecule has 0 aliphatic rings. The molecule has 1 amide bonds. The van der Waals surface area contributed by atoms with Crippen molar-refractivity contribution in [1.82, 2.24) is 25.1 Å². The van der Waals surface area contributed by atoms with Crippen molar-refractivity contribution in [2.45, 2.75) is 23.9 Å². The molecule has 2 heterocycles. The number of hydrogen-bond donors (Lipinski definition) is 1. The van der Waals surface area contributed by atoms with Crippen molar-refractivity contribution in [1.29, 1.82) is 0 Å². The number of hydrogen-bond acceptors (Lipinski definition) is 7. The maximum absolute atomic E-state index is 12.6. The summed E-state index contributed by atoms with van der Waals surface area (Å²) in [5, 5.41) is 15.3. The lowest BCUT2D eigenvalue weighted by Crippen LogP contribution is -2.23. The van der Waals surface area contributed by atoms with Crippen molar-refractivity contribution in [2.24, 2.45) is 0 Å². The van der Waals surface area contributed by atoms with Crippen LogP contribution in [0.5, 0.6) is 5.75 Å². The van der Waals surface area contributed by atoms with Crippen LogP contribution in [0.4, 0.5) is 0 Å². The molecule has 1 N–H and O–H groups in total. The zero-order valence-corrected chi connectivity index (χ0v) is 21.8. The number of rotatable bonds is 10. The number of methoxy groups -OCH3 is 1. The molecule has 0 saturated heterocycles. The van der Waals surface area contributed by atoms with Gasteiger partial charge in [0.2, 0.25) is 0 Å². The number of carbonyl (C=O) groups is 1. The van der Waals surface area contributed by atoms with E-state index in [4.69, 9.17) is 4.74 Å². The van der Waals surface area contributed by atoms with Crippen LogP contribution in [0.15, 0.2) is 95.5 Å². The Bertz CT molecular complexity index is 1470. The van der Waals surface area contributed by atoms with Crippen molar-refractivity contribution < 1.29 is 9.53 Å². The largest absolute Gasteiger partial charge is 0.495 e. The number of thioether (sulfide) groups is 1. The summed E-state index contributed by atoms with van der Waals surface area (Å²) in [7, 11) is 1.66. The molecular formula is C28H25N5O2S2. The first kappa shape index (κ1) is 24.7. The molecule has 0 radical (unpaired) electrons. The summed E-state index contributed by atoms with van der Waals surface area (Å²) in [5.41, 5.74) is 3.49. The van der Waals surface area contributed by atoms with E-state index in [2.05, 4.69) is 32.6 Å². The second kappa shape index (κ2) is 11.9. The molecule has 2 aromatic heterocycles. The number of benzene rings is 3. The van der Waals surface area contributed by atoms with Crippen LogP contribution in [0.25, 0.3) is 5.69 Å². The Morgan fingerprint density at radius 3 is 2.41 bits per heavy atom. The molecule has 9 heteroatoms. The molecule has 5 rings (SSSR count). The van der Waals surface area contributed by atoms with Crippen LogP contribution in [0.3, 0.4) is 0 Å². The Labute approximate surface area is 223 Å². The van der Waals surface area contributed by atoms with Gasteiger partial charge in [0, 0.05) is 18.3 Å². The Morgan fingerprint density at radius 1 is 0.946 bits per heavy atom. The minimum atomic E-state index is -0.182. The van der Waals surface area contributed by atoms with Gasteiger partial charge in [-0.2, -0.15) is 0 Å². The smallest absolute Gasteiger partial charge is 0.271 e. The number of nitrogens with one attached hydrogen (secondary N) is 1. The van der Waals surface area contributed by atoms with E-state index in [1.165, 1.54) is 23.1 Å². The third-order valence-corrected chi connectivity index (χ3v) is 7.61. The molecule has 0 fully saturated rings. The second-order valence-electron chi connectivity index (χ2n) is 8.15. The van der Waals surface area contributed by atoms with Crippen LogP contribution in [-0.4, -0.2) is 32.8 Å². The summed E-state index contributed by atoms with van der Waals surface area (Å²) in [6.07, 6.45) is 0.634. The van der Waals surface area contributed by atoms with Gasteiger partial charge in [0.15, 0.2) is 5.16 Å². The zero-order chi connectivity index (χ0) is 25.5. The third-order valence-electron chi connectivity index (χ3n) is 5.64. The Kier molecular flexibility index (Phi) is 7.93. The van der Waals surface area contributed by atoms with E-state index < -0.39 is 0 Å². The van der Waals surface area contributed by atoms with Crippen molar-refractivity contribution in [3.8, 4) is 11.4 Å². The number of nitrogens with zero attached hydrogens (tertiary/aromatic N) is 4. The first-order chi connectivity index (χ1) is 18.2. The number of aromatic nitrogens is 4. The SMILES string of the molecule is COc1ccccc1-n1c(Cc2ccccc2)nnc1SCc1nc(C(=O)NCc2ccccc2)cs1. The molecule has 0 aliphatic heterocycles. The molecule has 37 heavy (non-hydrogen) atoms. The number of ether oxygens (including phenoxy) is 1.